The molecule has 6 nitrogen and oxygen atoms in total. The fraction of sp³-hybridized carbons (Fsp3) is 0.192. The molecule has 3 rings (SSSR count). The predicted octanol–water partition coefficient (Wildman–Crippen LogP) is 5.12. The highest BCUT2D eigenvalue weighted by Gasteiger charge is 2.15. The highest BCUT2D eigenvalue weighted by atomic mass is 16.5. The minimum Gasteiger partial charge on any atom is -0.462 e. The van der Waals surface area contributed by atoms with E-state index in [9.17, 15) is 14.9 Å². The predicted molar refractivity (Wildman–Crippen MR) is 125 cm³/mol. The van der Waals surface area contributed by atoms with E-state index in [2.05, 4.69) is 5.32 Å². The number of rotatable bonds is 6. The van der Waals surface area contributed by atoms with Gasteiger partial charge in [-0.3, -0.25) is 4.79 Å². The molecule has 0 saturated carbocycles. The molecule has 1 N–H and O–H groups in total. The topological polar surface area (TPSA) is 84.1 Å². The van der Waals surface area contributed by atoms with E-state index in [1.54, 1.807) is 31.2 Å². The molecule has 0 aliphatic heterocycles. The lowest BCUT2D eigenvalue weighted by atomic mass is 10.1. The summed E-state index contributed by atoms with van der Waals surface area (Å²) in [7, 11) is 0. The van der Waals surface area contributed by atoms with Gasteiger partial charge in [0.15, 0.2) is 0 Å². The van der Waals surface area contributed by atoms with Gasteiger partial charge in [-0.2, -0.15) is 5.26 Å². The van der Waals surface area contributed by atoms with E-state index in [4.69, 9.17) is 4.74 Å². The van der Waals surface area contributed by atoms with Crippen molar-refractivity contribution < 1.29 is 14.3 Å². The molecule has 0 radical (unpaired) electrons. The second kappa shape index (κ2) is 9.80. The quantitative estimate of drug-likeness (QED) is 0.336. The fourth-order valence-corrected chi connectivity index (χ4v) is 3.52. The van der Waals surface area contributed by atoms with Gasteiger partial charge in [0.05, 0.1) is 12.2 Å². The maximum absolute atomic E-state index is 12.6. The third-order valence-corrected chi connectivity index (χ3v) is 5.05. The molecule has 6 heteroatoms. The van der Waals surface area contributed by atoms with Crippen molar-refractivity contribution in [3.05, 3.63) is 88.2 Å². The van der Waals surface area contributed by atoms with Crippen LogP contribution in [0.1, 0.15) is 39.8 Å². The van der Waals surface area contributed by atoms with E-state index >= 15 is 0 Å². The average Bonchev–Trinajstić information content (AvgIpc) is 3.05. The van der Waals surface area contributed by atoms with Crippen LogP contribution in [0.3, 0.4) is 0 Å². The molecule has 0 fully saturated rings. The van der Waals surface area contributed by atoms with Gasteiger partial charge in [0, 0.05) is 22.8 Å². The summed E-state index contributed by atoms with van der Waals surface area (Å²) >= 11 is 0. The molecule has 2 aromatic carbocycles. The fourth-order valence-electron chi connectivity index (χ4n) is 3.52. The Bertz CT molecular complexity index is 1230. The number of nitrogens with one attached hydrogen (secondary N) is 1. The van der Waals surface area contributed by atoms with Crippen LogP contribution in [0, 0.1) is 32.1 Å². The highest BCUT2D eigenvalue weighted by molar-refractivity contribution is 6.09. The number of aromatic nitrogens is 1. The molecule has 1 aromatic heterocycles. The standard InChI is InChI=1S/C26H25N3O3/c1-5-32-26(31)20-9-11-24(12-10-20)29-18(3)14-21(19(29)4)15-22(16-27)25(30)28-23-8-6-7-17(2)13-23/h6-15H,5H2,1-4H3,(H,28,30)/b22-15-. The number of nitrogens with zero attached hydrogens (tertiary/aromatic N) is 2. The first-order valence-electron chi connectivity index (χ1n) is 10.3. The zero-order valence-electron chi connectivity index (χ0n) is 18.6. The molecule has 0 bridgehead atoms. The lowest BCUT2D eigenvalue weighted by molar-refractivity contribution is -0.112. The summed E-state index contributed by atoms with van der Waals surface area (Å²) in [6.07, 6.45) is 1.59. The Kier molecular flexibility index (Phi) is 6.91. The number of benzene rings is 2. The summed E-state index contributed by atoms with van der Waals surface area (Å²) in [6.45, 7) is 7.90. The molecule has 0 spiro atoms. The number of amides is 1. The van der Waals surface area contributed by atoms with Crippen molar-refractivity contribution in [3.63, 3.8) is 0 Å². The number of carbonyl (C=O) groups excluding carboxylic acids is 2. The number of aryl methyl sites for hydroxylation is 2. The third-order valence-electron chi connectivity index (χ3n) is 5.05. The smallest absolute Gasteiger partial charge is 0.338 e. The Morgan fingerprint density at radius 2 is 1.81 bits per heavy atom. The molecule has 1 heterocycles. The Labute approximate surface area is 187 Å². The van der Waals surface area contributed by atoms with E-state index < -0.39 is 5.91 Å². The molecule has 0 saturated heterocycles. The Hall–Kier alpha value is -4.11. The van der Waals surface area contributed by atoms with Crippen molar-refractivity contribution in [2.75, 3.05) is 11.9 Å². The van der Waals surface area contributed by atoms with E-state index in [0.717, 1.165) is 28.2 Å². The van der Waals surface area contributed by atoms with Crippen LogP contribution in [-0.2, 0) is 9.53 Å². The minimum atomic E-state index is -0.457. The van der Waals surface area contributed by atoms with Crippen molar-refractivity contribution in [1.82, 2.24) is 4.57 Å². The molecule has 3 aromatic rings. The minimum absolute atomic E-state index is 0.0180. The zero-order chi connectivity index (χ0) is 23.3. The van der Waals surface area contributed by atoms with Crippen LogP contribution >= 0.6 is 0 Å². The van der Waals surface area contributed by atoms with E-state index in [-0.39, 0.29) is 11.5 Å². The Balaban J connectivity index is 1.88. The van der Waals surface area contributed by atoms with Crippen molar-refractivity contribution in [3.8, 4) is 11.8 Å². The van der Waals surface area contributed by atoms with Crippen LogP contribution in [0.15, 0.2) is 60.2 Å². The molecule has 0 aliphatic rings. The number of carbonyl (C=O) groups is 2. The molecular weight excluding hydrogens is 402 g/mol. The summed E-state index contributed by atoms with van der Waals surface area (Å²) in [5.74, 6) is -0.816. The molecule has 0 unspecified atom stereocenters. The summed E-state index contributed by atoms with van der Waals surface area (Å²) in [5.41, 5.74) is 5.62. The Morgan fingerprint density at radius 3 is 2.44 bits per heavy atom. The summed E-state index contributed by atoms with van der Waals surface area (Å²) in [6, 6.07) is 18.5. The molecule has 1 amide bonds. The zero-order valence-corrected chi connectivity index (χ0v) is 18.6. The molecule has 0 atom stereocenters. The van der Waals surface area contributed by atoms with Crippen LogP contribution in [-0.4, -0.2) is 23.1 Å². The van der Waals surface area contributed by atoms with Gasteiger partial charge >= 0.3 is 5.97 Å². The molecule has 32 heavy (non-hydrogen) atoms. The Morgan fingerprint density at radius 1 is 1.09 bits per heavy atom. The van der Waals surface area contributed by atoms with Crippen molar-refractivity contribution in [2.24, 2.45) is 0 Å². The number of esters is 1. The first kappa shape index (κ1) is 22.6. The summed E-state index contributed by atoms with van der Waals surface area (Å²) in [5, 5.41) is 12.3. The van der Waals surface area contributed by atoms with Gasteiger partial charge in [-0.1, -0.05) is 12.1 Å². The van der Waals surface area contributed by atoms with Crippen molar-refractivity contribution in [2.45, 2.75) is 27.7 Å². The first-order chi connectivity index (χ1) is 15.3. The van der Waals surface area contributed by atoms with E-state index in [0.29, 0.717) is 17.9 Å². The average molecular weight is 428 g/mol. The van der Waals surface area contributed by atoms with E-state index in [1.165, 1.54) is 0 Å². The largest absolute Gasteiger partial charge is 0.462 e. The van der Waals surface area contributed by atoms with Crippen LogP contribution in [0.2, 0.25) is 0 Å². The highest BCUT2D eigenvalue weighted by Crippen LogP contribution is 2.24. The summed E-state index contributed by atoms with van der Waals surface area (Å²) < 4.78 is 7.04. The van der Waals surface area contributed by atoms with Crippen LogP contribution in [0.4, 0.5) is 5.69 Å². The van der Waals surface area contributed by atoms with Gasteiger partial charge in [-0.05, 0) is 87.4 Å². The van der Waals surface area contributed by atoms with Gasteiger partial charge in [0.1, 0.15) is 11.6 Å². The van der Waals surface area contributed by atoms with Gasteiger partial charge in [-0.15, -0.1) is 0 Å². The van der Waals surface area contributed by atoms with Crippen LogP contribution < -0.4 is 5.32 Å². The van der Waals surface area contributed by atoms with Gasteiger partial charge in [0.2, 0.25) is 0 Å². The number of nitriles is 1. The molecular formula is C26H25N3O3. The maximum Gasteiger partial charge on any atom is 0.338 e. The number of hydrogen-bond acceptors (Lipinski definition) is 4. The third kappa shape index (κ3) is 4.96. The van der Waals surface area contributed by atoms with Gasteiger partial charge in [0.25, 0.3) is 5.91 Å². The summed E-state index contributed by atoms with van der Waals surface area (Å²) in [4.78, 5) is 24.5. The van der Waals surface area contributed by atoms with Crippen molar-refractivity contribution in [1.29, 1.82) is 5.26 Å². The second-order valence-corrected chi connectivity index (χ2v) is 7.42. The lowest BCUT2D eigenvalue weighted by Gasteiger charge is -2.10. The molecule has 162 valence electrons. The van der Waals surface area contributed by atoms with Crippen LogP contribution in [0.25, 0.3) is 11.8 Å². The van der Waals surface area contributed by atoms with Gasteiger partial charge in [-0.25, -0.2) is 4.79 Å². The van der Waals surface area contributed by atoms with Crippen LogP contribution in [0.5, 0.6) is 0 Å². The molecule has 0 aliphatic carbocycles. The first-order valence-corrected chi connectivity index (χ1v) is 10.3. The number of hydrogen-bond donors (Lipinski definition) is 1. The van der Waals surface area contributed by atoms with E-state index in [1.807, 2.05) is 67.8 Å². The monoisotopic (exact) mass is 427 g/mol. The SMILES string of the molecule is CCOC(=O)c1ccc(-n2c(C)cc(/C=C(/C#N)C(=O)Nc3cccc(C)c3)c2C)cc1. The second-order valence-electron chi connectivity index (χ2n) is 7.42. The lowest BCUT2D eigenvalue weighted by Crippen LogP contribution is -2.13. The number of anilines is 1. The normalized spacial score (nSPS) is 11.0. The van der Waals surface area contributed by atoms with Crippen molar-refractivity contribution >= 4 is 23.6 Å². The number of ether oxygens (including phenoxy) is 1. The van der Waals surface area contributed by atoms with Gasteiger partial charge < -0.3 is 14.6 Å². The maximum atomic E-state index is 12.6.